The molecule has 0 aromatic heterocycles. The minimum Gasteiger partial charge on any atom is -0.507 e. The smallest absolute Gasteiger partial charge is 0.261 e. The van der Waals surface area contributed by atoms with E-state index >= 15 is 0 Å². The molecule has 2 aromatic carbocycles. The van der Waals surface area contributed by atoms with Crippen molar-refractivity contribution in [3.63, 3.8) is 0 Å². The number of phenols is 1. The minimum atomic E-state index is -0.296. The second-order valence-corrected chi connectivity index (χ2v) is 5.04. The van der Waals surface area contributed by atoms with Gasteiger partial charge in [0.15, 0.2) is 0 Å². The molecule has 0 atom stereocenters. The number of benzene rings is 2. The quantitative estimate of drug-likeness (QED) is 0.836. The largest absolute Gasteiger partial charge is 0.507 e. The number of carbonyl (C=O) groups excluding carboxylic acids is 1. The molecule has 2 rings (SSSR count). The van der Waals surface area contributed by atoms with Gasteiger partial charge < -0.3 is 15.7 Å². The number of rotatable bonds is 2. The maximum atomic E-state index is 12.3. The average Bonchev–Trinajstić information content (AvgIpc) is 2.37. The second-order valence-electron chi connectivity index (χ2n) is 4.12. The standard InChI is InChI=1S/C14H13BrN2O2/c1-17(11-4-2-3-10(16)8-11)14(19)12-6-5-9(15)7-13(12)18/h2-8,18H,16H2,1H3. The van der Waals surface area contributed by atoms with Gasteiger partial charge in [-0.2, -0.15) is 0 Å². The highest BCUT2D eigenvalue weighted by Gasteiger charge is 2.17. The first-order valence-corrected chi connectivity index (χ1v) is 6.40. The van der Waals surface area contributed by atoms with Crippen LogP contribution in [0.2, 0.25) is 0 Å². The molecule has 19 heavy (non-hydrogen) atoms. The Balaban J connectivity index is 2.33. The van der Waals surface area contributed by atoms with Gasteiger partial charge in [0.25, 0.3) is 5.91 Å². The number of hydrogen-bond acceptors (Lipinski definition) is 3. The Morgan fingerprint density at radius 2 is 2.00 bits per heavy atom. The van der Waals surface area contributed by atoms with Crippen molar-refractivity contribution in [2.24, 2.45) is 0 Å². The van der Waals surface area contributed by atoms with Gasteiger partial charge in [0, 0.05) is 22.9 Å². The molecular formula is C14H13BrN2O2. The van der Waals surface area contributed by atoms with E-state index in [0.717, 1.165) is 0 Å². The molecule has 0 heterocycles. The van der Waals surface area contributed by atoms with E-state index in [4.69, 9.17) is 5.73 Å². The third-order valence-corrected chi connectivity index (χ3v) is 3.25. The SMILES string of the molecule is CN(C(=O)c1ccc(Br)cc1O)c1cccc(N)c1. The maximum absolute atomic E-state index is 12.3. The number of aromatic hydroxyl groups is 1. The van der Waals surface area contributed by atoms with Crippen LogP contribution in [0, 0.1) is 0 Å². The first-order chi connectivity index (χ1) is 8.99. The predicted octanol–water partition coefficient (Wildman–Crippen LogP) is 3.01. The van der Waals surface area contributed by atoms with E-state index in [1.807, 2.05) is 0 Å². The lowest BCUT2D eigenvalue weighted by atomic mass is 10.1. The van der Waals surface area contributed by atoms with Gasteiger partial charge in [-0.15, -0.1) is 0 Å². The van der Waals surface area contributed by atoms with Crippen LogP contribution in [0.3, 0.4) is 0 Å². The molecule has 0 bridgehead atoms. The number of nitrogens with two attached hydrogens (primary N) is 1. The van der Waals surface area contributed by atoms with Crippen molar-refractivity contribution >= 4 is 33.2 Å². The first-order valence-electron chi connectivity index (χ1n) is 5.61. The summed E-state index contributed by atoms with van der Waals surface area (Å²) in [6.45, 7) is 0. The van der Waals surface area contributed by atoms with Gasteiger partial charge >= 0.3 is 0 Å². The van der Waals surface area contributed by atoms with Crippen molar-refractivity contribution in [2.75, 3.05) is 17.7 Å². The lowest BCUT2D eigenvalue weighted by Crippen LogP contribution is -2.26. The van der Waals surface area contributed by atoms with Gasteiger partial charge in [0.1, 0.15) is 5.75 Å². The van der Waals surface area contributed by atoms with Crippen LogP contribution in [0.4, 0.5) is 11.4 Å². The Morgan fingerprint density at radius 1 is 1.26 bits per heavy atom. The minimum absolute atomic E-state index is 0.0601. The van der Waals surface area contributed by atoms with Crippen LogP contribution in [0.5, 0.6) is 5.75 Å². The Morgan fingerprint density at radius 3 is 2.63 bits per heavy atom. The fourth-order valence-electron chi connectivity index (χ4n) is 1.72. The number of carbonyl (C=O) groups is 1. The normalized spacial score (nSPS) is 10.2. The van der Waals surface area contributed by atoms with E-state index in [-0.39, 0.29) is 17.2 Å². The Hall–Kier alpha value is -2.01. The average molecular weight is 321 g/mol. The van der Waals surface area contributed by atoms with Crippen LogP contribution in [-0.2, 0) is 0 Å². The molecule has 5 heteroatoms. The molecule has 0 saturated heterocycles. The summed E-state index contributed by atoms with van der Waals surface area (Å²) >= 11 is 3.24. The summed E-state index contributed by atoms with van der Waals surface area (Å²) in [5, 5.41) is 9.81. The summed E-state index contributed by atoms with van der Waals surface area (Å²) < 4.78 is 0.716. The number of anilines is 2. The number of phenolic OH excluding ortho intramolecular Hbond substituents is 1. The van der Waals surface area contributed by atoms with Gasteiger partial charge in [0.2, 0.25) is 0 Å². The van der Waals surface area contributed by atoms with Crippen LogP contribution in [0.15, 0.2) is 46.9 Å². The maximum Gasteiger partial charge on any atom is 0.261 e. The third-order valence-electron chi connectivity index (χ3n) is 2.75. The van der Waals surface area contributed by atoms with Crippen molar-refractivity contribution < 1.29 is 9.90 Å². The summed E-state index contributed by atoms with van der Waals surface area (Å²) in [5.41, 5.74) is 7.19. The number of amides is 1. The molecule has 0 radical (unpaired) electrons. The Bertz CT molecular complexity index is 629. The van der Waals surface area contributed by atoms with Crippen LogP contribution in [0.1, 0.15) is 10.4 Å². The molecule has 1 amide bonds. The molecule has 0 spiro atoms. The molecule has 0 aliphatic heterocycles. The lowest BCUT2D eigenvalue weighted by Gasteiger charge is -2.18. The highest BCUT2D eigenvalue weighted by atomic mass is 79.9. The molecular weight excluding hydrogens is 308 g/mol. The topological polar surface area (TPSA) is 66.6 Å². The molecule has 98 valence electrons. The first kappa shape index (κ1) is 13.4. The van der Waals surface area contributed by atoms with E-state index < -0.39 is 0 Å². The van der Waals surface area contributed by atoms with Gasteiger partial charge in [-0.1, -0.05) is 22.0 Å². The predicted molar refractivity (Wildman–Crippen MR) is 79.4 cm³/mol. The van der Waals surface area contributed by atoms with Crippen LogP contribution in [0.25, 0.3) is 0 Å². The van der Waals surface area contributed by atoms with Gasteiger partial charge in [-0.3, -0.25) is 4.79 Å². The highest BCUT2D eigenvalue weighted by Crippen LogP contribution is 2.25. The van der Waals surface area contributed by atoms with E-state index in [0.29, 0.717) is 15.8 Å². The molecule has 0 aliphatic rings. The monoisotopic (exact) mass is 320 g/mol. The number of hydrogen-bond donors (Lipinski definition) is 2. The molecule has 0 saturated carbocycles. The van der Waals surface area contributed by atoms with E-state index in [9.17, 15) is 9.90 Å². The van der Waals surface area contributed by atoms with Gasteiger partial charge in [-0.05, 0) is 36.4 Å². The zero-order chi connectivity index (χ0) is 14.0. The summed E-state index contributed by atoms with van der Waals surface area (Å²) in [4.78, 5) is 13.7. The zero-order valence-electron chi connectivity index (χ0n) is 10.3. The Labute approximate surface area is 119 Å². The van der Waals surface area contributed by atoms with Crippen LogP contribution >= 0.6 is 15.9 Å². The molecule has 2 aromatic rings. The second kappa shape index (κ2) is 5.32. The molecule has 4 nitrogen and oxygen atoms in total. The highest BCUT2D eigenvalue weighted by molar-refractivity contribution is 9.10. The van der Waals surface area contributed by atoms with Crippen LogP contribution in [-0.4, -0.2) is 18.1 Å². The number of halogens is 1. The van der Waals surface area contributed by atoms with E-state index in [2.05, 4.69) is 15.9 Å². The van der Waals surface area contributed by atoms with Gasteiger partial charge in [0.05, 0.1) is 5.56 Å². The van der Waals surface area contributed by atoms with Crippen molar-refractivity contribution in [1.82, 2.24) is 0 Å². The van der Waals surface area contributed by atoms with Crippen molar-refractivity contribution in [3.05, 3.63) is 52.5 Å². The summed E-state index contributed by atoms with van der Waals surface area (Å²) in [6, 6.07) is 11.8. The Kier molecular flexibility index (Phi) is 3.76. The van der Waals surface area contributed by atoms with E-state index in [1.165, 1.54) is 11.0 Å². The number of nitrogen functional groups attached to an aromatic ring is 1. The third kappa shape index (κ3) is 2.88. The van der Waals surface area contributed by atoms with Gasteiger partial charge in [-0.25, -0.2) is 0 Å². The fraction of sp³-hybridized carbons (Fsp3) is 0.0714. The molecule has 0 unspecified atom stereocenters. The summed E-state index contributed by atoms with van der Waals surface area (Å²) in [7, 11) is 1.64. The van der Waals surface area contributed by atoms with Crippen molar-refractivity contribution in [1.29, 1.82) is 0 Å². The summed E-state index contributed by atoms with van der Waals surface area (Å²) in [6.07, 6.45) is 0. The molecule has 3 N–H and O–H groups in total. The molecule has 0 aliphatic carbocycles. The number of nitrogens with zero attached hydrogens (tertiary/aromatic N) is 1. The molecule has 0 fully saturated rings. The zero-order valence-corrected chi connectivity index (χ0v) is 11.9. The van der Waals surface area contributed by atoms with Crippen molar-refractivity contribution in [2.45, 2.75) is 0 Å². The van der Waals surface area contributed by atoms with Crippen LogP contribution < -0.4 is 10.6 Å². The fourth-order valence-corrected chi connectivity index (χ4v) is 2.07. The lowest BCUT2D eigenvalue weighted by molar-refractivity contribution is 0.0990. The van der Waals surface area contributed by atoms with E-state index in [1.54, 1.807) is 43.4 Å². The van der Waals surface area contributed by atoms with Crippen molar-refractivity contribution in [3.8, 4) is 5.75 Å². The summed E-state index contributed by atoms with van der Waals surface area (Å²) in [5.74, 6) is -0.356.